The highest BCUT2D eigenvalue weighted by molar-refractivity contribution is 5.98. The number of carbonyl (C=O) groups excluding carboxylic acids is 3. The van der Waals surface area contributed by atoms with Crippen molar-refractivity contribution in [3.05, 3.63) is 83.4 Å². The molecule has 1 saturated carbocycles. The number of hydrogen-bond donors (Lipinski definition) is 6. The van der Waals surface area contributed by atoms with Crippen LogP contribution in [0.25, 0.3) is 22.5 Å². The Morgan fingerprint density at radius 1 is 0.875 bits per heavy atom. The number of carboxylic acid groups (broad SMARTS) is 1. The second-order valence-electron chi connectivity index (χ2n) is 13.7. The molecule has 1 fully saturated rings. The molecule has 298 valence electrons. The van der Waals surface area contributed by atoms with Gasteiger partial charge in [-0.2, -0.15) is 5.21 Å². The standard InChI is InChI=1S/C40H50N8O8/c1-26-6-7-28(22-34(26)31-4-3-5-32(24-31)37(49)41-16-17-55-20-21-56-19-18-54-2)23-35(44-38(50)30-10-8-27(9-11-30)25-42-40(52)53)39(51)43-33-14-12-29(13-15-33)36-45-47-48-46-36/h3-7,12-15,22,24,27,30,35,42H,8-11,16-21,23,25H2,1-2H3,(H,41,49)(H,43,51)(H,44,50)(H,52,53)(H,45,46,47,48)/t27?,30?,35-/m0/s1. The number of nitrogens with zero attached hydrogens (tertiary/aromatic N) is 3. The number of methoxy groups -OCH3 is 1. The van der Waals surface area contributed by atoms with E-state index in [1.165, 1.54) is 0 Å². The van der Waals surface area contributed by atoms with Crippen molar-refractivity contribution in [3.63, 3.8) is 0 Å². The number of benzene rings is 3. The minimum Gasteiger partial charge on any atom is -0.465 e. The summed E-state index contributed by atoms with van der Waals surface area (Å²) in [6.07, 6.45) is 1.76. The average Bonchev–Trinajstić information content (AvgIpc) is 3.76. The highest BCUT2D eigenvalue weighted by atomic mass is 16.5. The van der Waals surface area contributed by atoms with Crippen molar-refractivity contribution in [2.45, 2.75) is 45.1 Å². The van der Waals surface area contributed by atoms with E-state index in [-0.39, 0.29) is 36.0 Å². The molecule has 4 amide bonds. The van der Waals surface area contributed by atoms with Gasteiger partial charge in [0.1, 0.15) is 6.04 Å². The summed E-state index contributed by atoms with van der Waals surface area (Å²) in [7, 11) is 1.61. The van der Waals surface area contributed by atoms with E-state index in [9.17, 15) is 19.2 Å². The Hall–Kier alpha value is -5.71. The number of anilines is 1. The first-order valence-electron chi connectivity index (χ1n) is 18.7. The Morgan fingerprint density at radius 2 is 1.62 bits per heavy atom. The van der Waals surface area contributed by atoms with Crippen LogP contribution in [0.3, 0.4) is 0 Å². The summed E-state index contributed by atoms with van der Waals surface area (Å²) in [6, 6.07) is 19.3. The number of rotatable bonds is 20. The van der Waals surface area contributed by atoms with Crippen molar-refractivity contribution < 1.29 is 38.5 Å². The SMILES string of the molecule is COCCOCCOCCNC(=O)c1cccc(-c2cc(C[C@H](NC(=O)C3CCC(CNC(=O)O)CC3)C(=O)Nc3ccc(-c4nn[nH]n4)cc3)ccc2C)c1. The molecule has 56 heavy (non-hydrogen) atoms. The normalized spacial score (nSPS) is 15.8. The molecule has 6 N–H and O–H groups in total. The smallest absolute Gasteiger partial charge is 0.404 e. The third-order valence-electron chi connectivity index (χ3n) is 9.66. The Morgan fingerprint density at radius 3 is 2.34 bits per heavy atom. The zero-order valence-electron chi connectivity index (χ0n) is 31.7. The van der Waals surface area contributed by atoms with Gasteiger partial charge in [-0.25, -0.2) is 4.79 Å². The number of nitrogens with one attached hydrogen (secondary N) is 5. The summed E-state index contributed by atoms with van der Waals surface area (Å²) in [5.74, 6) is -0.532. The Kier molecular flexibility index (Phi) is 15.8. The third-order valence-corrected chi connectivity index (χ3v) is 9.66. The molecule has 16 nitrogen and oxygen atoms in total. The van der Waals surface area contributed by atoms with Crippen LogP contribution in [0.4, 0.5) is 10.5 Å². The number of aromatic nitrogens is 4. The van der Waals surface area contributed by atoms with E-state index in [4.69, 9.17) is 19.3 Å². The number of hydrogen-bond acceptors (Lipinski definition) is 10. The molecule has 1 atom stereocenters. The van der Waals surface area contributed by atoms with Crippen molar-refractivity contribution in [1.82, 2.24) is 36.6 Å². The quantitative estimate of drug-likeness (QED) is 0.0706. The molecule has 0 aliphatic heterocycles. The molecule has 1 aliphatic rings. The summed E-state index contributed by atoms with van der Waals surface area (Å²) in [5, 5.41) is 34.3. The maximum Gasteiger partial charge on any atom is 0.404 e. The van der Waals surface area contributed by atoms with Crippen LogP contribution in [0.1, 0.15) is 47.2 Å². The maximum absolute atomic E-state index is 13.9. The Balaban J connectivity index is 1.25. The van der Waals surface area contributed by atoms with E-state index in [0.29, 0.717) is 94.4 Å². The van der Waals surface area contributed by atoms with Gasteiger partial charge in [0.15, 0.2) is 0 Å². The zero-order chi connectivity index (χ0) is 39.7. The van der Waals surface area contributed by atoms with Crippen LogP contribution >= 0.6 is 0 Å². The fourth-order valence-corrected chi connectivity index (χ4v) is 6.55. The maximum atomic E-state index is 13.9. The van der Waals surface area contributed by atoms with Gasteiger partial charge in [0.2, 0.25) is 17.6 Å². The highest BCUT2D eigenvalue weighted by Crippen LogP contribution is 2.30. The van der Waals surface area contributed by atoms with Gasteiger partial charge < -0.3 is 40.6 Å². The van der Waals surface area contributed by atoms with E-state index >= 15 is 0 Å². The predicted octanol–water partition coefficient (Wildman–Crippen LogP) is 3.99. The first kappa shape index (κ1) is 41.5. The zero-order valence-corrected chi connectivity index (χ0v) is 31.7. The third kappa shape index (κ3) is 12.7. The summed E-state index contributed by atoms with van der Waals surface area (Å²) in [5.41, 5.74) is 5.28. The van der Waals surface area contributed by atoms with Crippen LogP contribution in [0.5, 0.6) is 0 Å². The molecule has 16 heteroatoms. The molecule has 1 heterocycles. The van der Waals surface area contributed by atoms with Crippen LogP contribution in [0.2, 0.25) is 0 Å². The molecule has 4 aromatic rings. The molecular weight excluding hydrogens is 720 g/mol. The lowest BCUT2D eigenvalue weighted by Crippen LogP contribution is -2.48. The van der Waals surface area contributed by atoms with Crippen LogP contribution < -0.4 is 21.3 Å². The number of tetrazole rings is 1. The van der Waals surface area contributed by atoms with Gasteiger partial charge in [-0.05, 0) is 102 Å². The van der Waals surface area contributed by atoms with Crippen LogP contribution in [-0.4, -0.2) is 109 Å². The van der Waals surface area contributed by atoms with E-state index in [2.05, 4.69) is 41.9 Å². The molecule has 0 radical (unpaired) electrons. The number of aryl methyl sites for hydroxylation is 1. The largest absolute Gasteiger partial charge is 0.465 e. The van der Waals surface area contributed by atoms with E-state index in [1.54, 1.807) is 37.4 Å². The minimum absolute atomic E-state index is 0.163. The molecule has 0 saturated heterocycles. The number of aromatic amines is 1. The van der Waals surface area contributed by atoms with Crippen molar-refractivity contribution in [3.8, 4) is 22.5 Å². The fourth-order valence-electron chi connectivity index (χ4n) is 6.55. The second-order valence-corrected chi connectivity index (χ2v) is 13.7. The van der Waals surface area contributed by atoms with Gasteiger partial charge in [-0.3, -0.25) is 14.4 Å². The van der Waals surface area contributed by atoms with E-state index < -0.39 is 12.1 Å². The minimum atomic E-state index is -1.06. The van der Waals surface area contributed by atoms with Crippen LogP contribution in [0, 0.1) is 18.8 Å². The molecule has 3 aromatic carbocycles. The molecular formula is C40H50N8O8. The molecule has 1 aromatic heterocycles. The Labute approximate surface area is 325 Å². The number of amides is 4. The highest BCUT2D eigenvalue weighted by Gasteiger charge is 2.30. The fraction of sp³-hybridized carbons (Fsp3) is 0.425. The average molecular weight is 771 g/mol. The lowest BCUT2D eigenvalue weighted by Gasteiger charge is -2.29. The summed E-state index contributed by atoms with van der Waals surface area (Å²) >= 11 is 0. The second kappa shape index (κ2) is 21.4. The number of ether oxygens (including phenoxy) is 3. The van der Waals surface area contributed by atoms with Gasteiger partial charge in [-0.1, -0.05) is 30.3 Å². The van der Waals surface area contributed by atoms with Gasteiger partial charge in [-0.15, -0.1) is 10.2 Å². The summed E-state index contributed by atoms with van der Waals surface area (Å²) in [4.78, 5) is 51.5. The van der Waals surface area contributed by atoms with Crippen molar-refractivity contribution in [2.75, 3.05) is 58.6 Å². The van der Waals surface area contributed by atoms with Gasteiger partial charge in [0, 0.05) is 49.4 Å². The Bertz CT molecular complexity index is 1880. The van der Waals surface area contributed by atoms with Crippen LogP contribution in [0.15, 0.2) is 66.7 Å². The molecule has 5 rings (SSSR count). The molecule has 0 bridgehead atoms. The first-order valence-corrected chi connectivity index (χ1v) is 18.7. The molecule has 1 aliphatic carbocycles. The summed E-state index contributed by atoms with van der Waals surface area (Å²) < 4.78 is 15.9. The van der Waals surface area contributed by atoms with Crippen molar-refractivity contribution >= 4 is 29.5 Å². The number of H-pyrrole nitrogens is 1. The van der Waals surface area contributed by atoms with Crippen LogP contribution in [-0.2, 0) is 30.2 Å². The topological polar surface area (TPSA) is 219 Å². The van der Waals surface area contributed by atoms with Gasteiger partial charge in [0.05, 0.1) is 33.0 Å². The van der Waals surface area contributed by atoms with E-state index in [0.717, 1.165) is 22.3 Å². The van der Waals surface area contributed by atoms with Crippen molar-refractivity contribution in [2.24, 2.45) is 11.8 Å². The van der Waals surface area contributed by atoms with E-state index in [1.807, 2.05) is 43.3 Å². The predicted molar refractivity (Wildman–Crippen MR) is 208 cm³/mol. The lowest BCUT2D eigenvalue weighted by atomic mass is 9.81. The lowest BCUT2D eigenvalue weighted by molar-refractivity contribution is -0.130. The van der Waals surface area contributed by atoms with Gasteiger partial charge in [0.25, 0.3) is 5.91 Å². The summed E-state index contributed by atoms with van der Waals surface area (Å²) in [6.45, 7) is 4.92. The number of carbonyl (C=O) groups is 4. The molecule has 0 unspecified atom stereocenters. The van der Waals surface area contributed by atoms with Gasteiger partial charge >= 0.3 is 6.09 Å². The van der Waals surface area contributed by atoms with Crippen molar-refractivity contribution in [1.29, 1.82) is 0 Å². The monoisotopic (exact) mass is 770 g/mol. The molecule has 0 spiro atoms. The first-order chi connectivity index (χ1) is 27.2.